The second-order valence-corrected chi connectivity index (χ2v) is 5.30. The van der Waals surface area contributed by atoms with Crippen molar-refractivity contribution in [2.75, 3.05) is 32.8 Å². The minimum absolute atomic E-state index is 0.233. The van der Waals surface area contributed by atoms with E-state index >= 15 is 0 Å². The van der Waals surface area contributed by atoms with Crippen LogP contribution < -0.4 is 0 Å². The molecule has 0 saturated heterocycles. The van der Waals surface area contributed by atoms with Gasteiger partial charge in [0.2, 0.25) is 0 Å². The van der Waals surface area contributed by atoms with Gasteiger partial charge in [-0.3, -0.25) is 0 Å². The average molecular weight is 254 g/mol. The van der Waals surface area contributed by atoms with Gasteiger partial charge in [-0.25, -0.2) is 0 Å². The van der Waals surface area contributed by atoms with Gasteiger partial charge in [-0.2, -0.15) is 5.26 Å². The Morgan fingerprint density at radius 1 is 1.00 bits per heavy atom. The van der Waals surface area contributed by atoms with Gasteiger partial charge in [0.1, 0.15) is 0 Å². The third-order valence-electron chi connectivity index (χ3n) is 3.81. The smallest absolute Gasteiger partial charge is 0.0655 e. The van der Waals surface area contributed by atoms with Gasteiger partial charge in [0.15, 0.2) is 0 Å². The number of nitrogens with zero attached hydrogens (tertiary/aromatic N) is 2. The number of aliphatic hydroxyl groups is 2. The number of rotatable bonds is 8. The number of aliphatic hydroxyl groups excluding tert-OH is 2. The van der Waals surface area contributed by atoms with Gasteiger partial charge in [0, 0.05) is 38.8 Å². The molecule has 1 fully saturated rings. The highest BCUT2D eigenvalue weighted by atomic mass is 16.3. The maximum absolute atomic E-state index is 8.90. The third-order valence-corrected chi connectivity index (χ3v) is 3.81. The molecule has 104 valence electrons. The molecule has 1 rings (SSSR count). The number of nitriles is 1. The number of hydrogen-bond donors (Lipinski definition) is 2. The van der Waals surface area contributed by atoms with E-state index in [1.54, 1.807) is 0 Å². The van der Waals surface area contributed by atoms with Crippen LogP contribution in [0.4, 0.5) is 0 Å². The third kappa shape index (κ3) is 5.81. The molecule has 0 amide bonds. The molecule has 1 aliphatic rings. The van der Waals surface area contributed by atoms with Crippen molar-refractivity contribution < 1.29 is 10.2 Å². The predicted molar refractivity (Wildman–Crippen MR) is 70.9 cm³/mol. The second-order valence-electron chi connectivity index (χ2n) is 5.30. The molecule has 1 saturated carbocycles. The summed E-state index contributed by atoms with van der Waals surface area (Å²) in [4.78, 5) is 2.35. The fraction of sp³-hybridized carbons (Fsp3) is 0.929. The van der Waals surface area contributed by atoms with Gasteiger partial charge in [0.05, 0.1) is 6.07 Å². The summed E-state index contributed by atoms with van der Waals surface area (Å²) in [7, 11) is 0. The molecule has 0 aromatic carbocycles. The molecule has 2 N–H and O–H groups in total. The van der Waals surface area contributed by atoms with Crippen molar-refractivity contribution in [3.63, 3.8) is 0 Å². The molecule has 0 unspecified atom stereocenters. The van der Waals surface area contributed by atoms with E-state index < -0.39 is 0 Å². The van der Waals surface area contributed by atoms with Gasteiger partial charge >= 0.3 is 0 Å². The molecule has 0 aliphatic heterocycles. The molecule has 0 aromatic rings. The molecule has 4 heteroatoms. The first kappa shape index (κ1) is 15.4. The molecule has 0 radical (unpaired) electrons. The first-order chi connectivity index (χ1) is 8.80. The summed E-state index contributed by atoms with van der Waals surface area (Å²) in [5, 5.41) is 26.7. The fourth-order valence-electron chi connectivity index (χ4n) is 2.72. The van der Waals surface area contributed by atoms with Crippen molar-refractivity contribution >= 4 is 0 Å². The molecule has 0 bridgehead atoms. The fourth-order valence-corrected chi connectivity index (χ4v) is 2.72. The van der Waals surface area contributed by atoms with E-state index in [2.05, 4.69) is 11.0 Å². The summed E-state index contributed by atoms with van der Waals surface area (Å²) in [5.41, 5.74) is 0. The van der Waals surface area contributed by atoms with Crippen LogP contribution >= 0.6 is 0 Å². The highest BCUT2D eigenvalue weighted by Crippen LogP contribution is 2.28. The minimum atomic E-state index is 0.233. The van der Waals surface area contributed by atoms with E-state index in [-0.39, 0.29) is 19.1 Å². The van der Waals surface area contributed by atoms with Crippen LogP contribution in [0.1, 0.15) is 38.5 Å². The SMILES string of the molecule is N#CC1CCC(CN(CCCO)CCCO)CC1. The molecular weight excluding hydrogens is 228 g/mol. The van der Waals surface area contributed by atoms with Crippen molar-refractivity contribution in [3.05, 3.63) is 0 Å². The van der Waals surface area contributed by atoms with Crippen LogP contribution in [-0.4, -0.2) is 48.0 Å². The summed E-state index contributed by atoms with van der Waals surface area (Å²) in [6.07, 6.45) is 5.97. The molecule has 0 atom stereocenters. The Morgan fingerprint density at radius 2 is 1.56 bits per heavy atom. The van der Waals surface area contributed by atoms with Crippen LogP contribution in [0.2, 0.25) is 0 Å². The van der Waals surface area contributed by atoms with Crippen LogP contribution in [-0.2, 0) is 0 Å². The molecular formula is C14H26N2O2. The first-order valence-corrected chi connectivity index (χ1v) is 7.13. The highest BCUT2D eigenvalue weighted by molar-refractivity contribution is 4.87. The monoisotopic (exact) mass is 254 g/mol. The van der Waals surface area contributed by atoms with Crippen LogP contribution in [0.3, 0.4) is 0 Å². The maximum Gasteiger partial charge on any atom is 0.0655 e. The normalized spacial score (nSPS) is 24.1. The lowest BCUT2D eigenvalue weighted by Crippen LogP contribution is -2.33. The van der Waals surface area contributed by atoms with E-state index in [9.17, 15) is 0 Å². The summed E-state index contributed by atoms with van der Waals surface area (Å²) in [6, 6.07) is 2.37. The van der Waals surface area contributed by atoms with E-state index in [0.29, 0.717) is 5.92 Å². The van der Waals surface area contributed by atoms with Crippen molar-refractivity contribution in [2.45, 2.75) is 38.5 Å². The Labute approximate surface area is 110 Å². The Kier molecular flexibility index (Phi) is 7.99. The summed E-state index contributed by atoms with van der Waals surface area (Å²) >= 11 is 0. The van der Waals surface area contributed by atoms with Crippen molar-refractivity contribution in [2.24, 2.45) is 11.8 Å². The van der Waals surface area contributed by atoms with Gasteiger partial charge in [-0.1, -0.05) is 0 Å². The Morgan fingerprint density at radius 3 is 2.00 bits per heavy atom. The minimum Gasteiger partial charge on any atom is -0.396 e. The lowest BCUT2D eigenvalue weighted by molar-refractivity contribution is 0.161. The molecule has 4 nitrogen and oxygen atoms in total. The molecule has 1 aliphatic carbocycles. The molecule has 0 heterocycles. The summed E-state index contributed by atoms with van der Waals surface area (Å²) < 4.78 is 0. The van der Waals surface area contributed by atoms with Gasteiger partial charge in [-0.15, -0.1) is 0 Å². The predicted octanol–water partition coefficient (Wildman–Crippen LogP) is 1.38. The second kappa shape index (κ2) is 9.32. The summed E-state index contributed by atoms with van der Waals surface area (Å²) in [6.45, 7) is 3.34. The zero-order chi connectivity index (χ0) is 13.2. The van der Waals surface area contributed by atoms with Crippen LogP contribution in [0, 0.1) is 23.2 Å². The average Bonchev–Trinajstić information content (AvgIpc) is 2.42. The zero-order valence-corrected chi connectivity index (χ0v) is 11.2. The lowest BCUT2D eigenvalue weighted by atomic mass is 9.82. The Bertz CT molecular complexity index is 237. The van der Waals surface area contributed by atoms with Crippen molar-refractivity contribution in [1.29, 1.82) is 5.26 Å². The zero-order valence-electron chi connectivity index (χ0n) is 11.2. The van der Waals surface area contributed by atoms with Crippen LogP contribution in [0.5, 0.6) is 0 Å². The number of hydrogen-bond acceptors (Lipinski definition) is 4. The molecule has 0 spiro atoms. The van der Waals surface area contributed by atoms with E-state index in [0.717, 1.165) is 58.2 Å². The van der Waals surface area contributed by atoms with E-state index in [1.165, 1.54) is 0 Å². The Hall–Kier alpha value is -0.630. The van der Waals surface area contributed by atoms with Crippen LogP contribution in [0.15, 0.2) is 0 Å². The first-order valence-electron chi connectivity index (χ1n) is 7.13. The van der Waals surface area contributed by atoms with Gasteiger partial charge in [0.25, 0.3) is 0 Å². The Balaban J connectivity index is 2.29. The van der Waals surface area contributed by atoms with Gasteiger partial charge < -0.3 is 15.1 Å². The van der Waals surface area contributed by atoms with Crippen LogP contribution in [0.25, 0.3) is 0 Å². The maximum atomic E-state index is 8.90. The van der Waals surface area contributed by atoms with Crippen molar-refractivity contribution in [3.8, 4) is 6.07 Å². The van der Waals surface area contributed by atoms with E-state index in [1.807, 2.05) is 0 Å². The molecule has 18 heavy (non-hydrogen) atoms. The van der Waals surface area contributed by atoms with Gasteiger partial charge in [-0.05, 0) is 44.4 Å². The largest absolute Gasteiger partial charge is 0.396 e. The summed E-state index contributed by atoms with van der Waals surface area (Å²) in [5.74, 6) is 0.955. The standard InChI is InChI=1S/C14H26N2O2/c15-11-13-3-5-14(6-4-13)12-16(7-1-9-17)8-2-10-18/h13-14,17-18H,1-10,12H2. The highest BCUT2D eigenvalue weighted by Gasteiger charge is 2.22. The lowest BCUT2D eigenvalue weighted by Gasteiger charge is -2.30. The molecule has 0 aromatic heterocycles. The van der Waals surface area contributed by atoms with E-state index in [4.69, 9.17) is 15.5 Å². The quantitative estimate of drug-likeness (QED) is 0.687. The van der Waals surface area contributed by atoms with Crippen molar-refractivity contribution in [1.82, 2.24) is 4.90 Å². The topological polar surface area (TPSA) is 67.5 Å².